The van der Waals surface area contributed by atoms with E-state index in [0.29, 0.717) is 18.4 Å². The van der Waals surface area contributed by atoms with Gasteiger partial charge in [-0.1, -0.05) is 6.92 Å². The number of aromatic nitrogens is 3. The molecule has 21 heavy (non-hydrogen) atoms. The van der Waals surface area contributed by atoms with E-state index in [1.54, 1.807) is 6.92 Å². The fraction of sp³-hybridized carbons (Fsp3) is 0.786. The number of aliphatic hydroxyl groups is 1. The van der Waals surface area contributed by atoms with Crippen molar-refractivity contribution in [3.8, 4) is 0 Å². The Morgan fingerprint density at radius 2 is 2.00 bits per heavy atom. The number of anilines is 3. The van der Waals surface area contributed by atoms with Gasteiger partial charge in [-0.25, -0.2) is 0 Å². The van der Waals surface area contributed by atoms with Crippen LogP contribution >= 0.6 is 0 Å². The zero-order valence-electron chi connectivity index (χ0n) is 13.2. The van der Waals surface area contributed by atoms with Crippen molar-refractivity contribution < 1.29 is 5.11 Å². The van der Waals surface area contributed by atoms with Gasteiger partial charge >= 0.3 is 0 Å². The van der Waals surface area contributed by atoms with Gasteiger partial charge in [-0.15, -0.1) is 0 Å². The van der Waals surface area contributed by atoms with Crippen molar-refractivity contribution in [1.82, 2.24) is 15.0 Å². The molecule has 1 aromatic rings. The molecule has 1 aliphatic rings. The van der Waals surface area contributed by atoms with Crippen LogP contribution in [-0.4, -0.2) is 59.4 Å². The zero-order valence-corrected chi connectivity index (χ0v) is 13.2. The SMILES string of the molecule is CCCNc1nc(N(C)CC(C)O)nc(N2CCCC2)n1. The average molecular weight is 294 g/mol. The van der Waals surface area contributed by atoms with Crippen LogP contribution in [0.1, 0.15) is 33.1 Å². The largest absolute Gasteiger partial charge is 0.392 e. The van der Waals surface area contributed by atoms with E-state index in [1.165, 1.54) is 12.8 Å². The Kier molecular flexibility index (Phi) is 5.55. The zero-order chi connectivity index (χ0) is 15.2. The summed E-state index contributed by atoms with van der Waals surface area (Å²) in [5, 5.41) is 12.8. The minimum absolute atomic E-state index is 0.422. The summed E-state index contributed by atoms with van der Waals surface area (Å²) in [6, 6.07) is 0. The van der Waals surface area contributed by atoms with E-state index in [2.05, 4.69) is 32.1 Å². The van der Waals surface area contributed by atoms with Gasteiger partial charge < -0.3 is 20.2 Å². The van der Waals surface area contributed by atoms with Crippen molar-refractivity contribution in [2.45, 2.75) is 39.2 Å². The molecule has 7 nitrogen and oxygen atoms in total. The second kappa shape index (κ2) is 7.40. The highest BCUT2D eigenvalue weighted by Crippen LogP contribution is 2.20. The third-order valence-corrected chi connectivity index (χ3v) is 3.41. The van der Waals surface area contributed by atoms with E-state index < -0.39 is 6.10 Å². The summed E-state index contributed by atoms with van der Waals surface area (Å²) in [6.07, 6.45) is 2.96. The molecule has 1 saturated heterocycles. The fourth-order valence-electron chi connectivity index (χ4n) is 2.38. The predicted molar refractivity (Wildman–Crippen MR) is 85.0 cm³/mol. The third kappa shape index (κ3) is 4.42. The maximum atomic E-state index is 9.54. The molecule has 1 aliphatic heterocycles. The normalized spacial score (nSPS) is 16.1. The van der Waals surface area contributed by atoms with Crippen LogP contribution in [0.5, 0.6) is 0 Å². The number of rotatable bonds is 7. The Balaban J connectivity index is 2.22. The molecule has 1 atom stereocenters. The van der Waals surface area contributed by atoms with Crippen molar-refractivity contribution in [2.75, 3.05) is 48.3 Å². The molecule has 2 heterocycles. The lowest BCUT2D eigenvalue weighted by Gasteiger charge is -2.22. The van der Waals surface area contributed by atoms with Crippen LogP contribution in [0.25, 0.3) is 0 Å². The predicted octanol–water partition coefficient (Wildman–Crippen LogP) is 1.11. The van der Waals surface area contributed by atoms with Gasteiger partial charge in [0.15, 0.2) is 0 Å². The molecule has 0 aliphatic carbocycles. The summed E-state index contributed by atoms with van der Waals surface area (Å²) in [6.45, 7) is 7.19. The lowest BCUT2D eigenvalue weighted by molar-refractivity contribution is 0.201. The second-order valence-electron chi connectivity index (χ2n) is 5.61. The molecular formula is C14H26N6O. The maximum Gasteiger partial charge on any atom is 0.231 e. The highest BCUT2D eigenvalue weighted by molar-refractivity contribution is 5.45. The lowest BCUT2D eigenvalue weighted by atomic mass is 10.4. The molecule has 0 spiro atoms. The van der Waals surface area contributed by atoms with Crippen LogP contribution in [0.4, 0.5) is 17.8 Å². The van der Waals surface area contributed by atoms with E-state index >= 15 is 0 Å². The quantitative estimate of drug-likeness (QED) is 0.780. The van der Waals surface area contributed by atoms with Crippen LogP contribution in [0.2, 0.25) is 0 Å². The van der Waals surface area contributed by atoms with Gasteiger partial charge in [0, 0.05) is 33.2 Å². The third-order valence-electron chi connectivity index (χ3n) is 3.41. The maximum absolute atomic E-state index is 9.54. The lowest BCUT2D eigenvalue weighted by Crippen LogP contribution is -2.30. The van der Waals surface area contributed by atoms with E-state index in [1.807, 2.05) is 11.9 Å². The second-order valence-corrected chi connectivity index (χ2v) is 5.61. The van der Waals surface area contributed by atoms with Gasteiger partial charge in [-0.2, -0.15) is 15.0 Å². The highest BCUT2D eigenvalue weighted by atomic mass is 16.3. The van der Waals surface area contributed by atoms with Gasteiger partial charge in [0.25, 0.3) is 0 Å². The molecule has 118 valence electrons. The molecule has 0 bridgehead atoms. The fourth-order valence-corrected chi connectivity index (χ4v) is 2.38. The Labute approximate surface area is 126 Å². The van der Waals surface area contributed by atoms with Gasteiger partial charge in [-0.05, 0) is 26.2 Å². The summed E-state index contributed by atoms with van der Waals surface area (Å²) >= 11 is 0. The Morgan fingerprint density at radius 3 is 2.62 bits per heavy atom. The summed E-state index contributed by atoms with van der Waals surface area (Å²) in [4.78, 5) is 17.6. The molecule has 7 heteroatoms. The van der Waals surface area contributed by atoms with Crippen LogP contribution < -0.4 is 15.1 Å². The van der Waals surface area contributed by atoms with E-state index in [9.17, 15) is 5.11 Å². The number of hydrogen-bond acceptors (Lipinski definition) is 7. The van der Waals surface area contributed by atoms with Crippen molar-refractivity contribution in [3.63, 3.8) is 0 Å². The molecule has 1 aromatic heterocycles. The molecule has 1 unspecified atom stereocenters. The minimum Gasteiger partial charge on any atom is -0.392 e. The topological polar surface area (TPSA) is 77.4 Å². The monoisotopic (exact) mass is 294 g/mol. The summed E-state index contributed by atoms with van der Waals surface area (Å²) in [7, 11) is 1.89. The summed E-state index contributed by atoms with van der Waals surface area (Å²) < 4.78 is 0. The first-order valence-corrected chi connectivity index (χ1v) is 7.74. The van der Waals surface area contributed by atoms with Crippen LogP contribution in [0.15, 0.2) is 0 Å². The molecule has 1 fully saturated rings. The van der Waals surface area contributed by atoms with Crippen LogP contribution in [0, 0.1) is 0 Å². The average Bonchev–Trinajstić information content (AvgIpc) is 2.98. The van der Waals surface area contributed by atoms with Gasteiger partial charge in [0.2, 0.25) is 17.8 Å². The summed E-state index contributed by atoms with van der Waals surface area (Å²) in [5.41, 5.74) is 0. The number of nitrogens with zero attached hydrogens (tertiary/aromatic N) is 5. The van der Waals surface area contributed by atoms with Crippen LogP contribution in [0.3, 0.4) is 0 Å². The van der Waals surface area contributed by atoms with Crippen molar-refractivity contribution in [3.05, 3.63) is 0 Å². The van der Waals surface area contributed by atoms with Crippen molar-refractivity contribution >= 4 is 17.8 Å². The van der Waals surface area contributed by atoms with Gasteiger partial charge in [0.05, 0.1) is 6.10 Å². The van der Waals surface area contributed by atoms with Crippen molar-refractivity contribution in [1.29, 1.82) is 0 Å². The Hall–Kier alpha value is -1.63. The van der Waals surface area contributed by atoms with Crippen LogP contribution in [-0.2, 0) is 0 Å². The van der Waals surface area contributed by atoms with E-state index in [4.69, 9.17) is 0 Å². The molecular weight excluding hydrogens is 268 g/mol. The molecule has 0 radical (unpaired) electrons. The summed E-state index contributed by atoms with van der Waals surface area (Å²) in [5.74, 6) is 1.95. The number of aliphatic hydroxyl groups excluding tert-OH is 1. The molecule has 0 saturated carbocycles. The van der Waals surface area contributed by atoms with Gasteiger partial charge in [-0.3, -0.25) is 0 Å². The molecule has 0 aromatic carbocycles. The Bertz CT molecular complexity index is 447. The Morgan fingerprint density at radius 1 is 1.29 bits per heavy atom. The molecule has 2 rings (SSSR count). The minimum atomic E-state index is -0.422. The van der Waals surface area contributed by atoms with E-state index in [-0.39, 0.29) is 0 Å². The van der Waals surface area contributed by atoms with Crippen molar-refractivity contribution in [2.24, 2.45) is 0 Å². The van der Waals surface area contributed by atoms with E-state index in [0.717, 1.165) is 32.0 Å². The smallest absolute Gasteiger partial charge is 0.231 e. The highest BCUT2D eigenvalue weighted by Gasteiger charge is 2.19. The first-order chi connectivity index (χ1) is 10.1. The van der Waals surface area contributed by atoms with Gasteiger partial charge in [0.1, 0.15) is 0 Å². The first kappa shape index (κ1) is 15.8. The number of nitrogens with one attached hydrogen (secondary N) is 1. The molecule has 0 amide bonds. The number of likely N-dealkylation sites (N-methyl/N-ethyl adjacent to an activating group) is 1. The number of hydrogen-bond donors (Lipinski definition) is 2. The first-order valence-electron chi connectivity index (χ1n) is 7.74. The standard InChI is InChI=1S/C14H26N6O/c1-4-7-15-12-16-13(19(3)10-11(2)21)18-14(17-12)20-8-5-6-9-20/h11,21H,4-10H2,1-3H3,(H,15,16,17,18). The molecule has 2 N–H and O–H groups in total.